The van der Waals surface area contributed by atoms with Gasteiger partial charge in [-0.3, -0.25) is 0 Å². The maximum absolute atomic E-state index is 12.5. The Balaban J connectivity index is 2.47. The summed E-state index contributed by atoms with van der Waals surface area (Å²) in [5, 5.41) is 0. The second-order valence-electron chi connectivity index (χ2n) is 4.18. The normalized spacial score (nSPS) is 25.8. The maximum atomic E-state index is 12.5. The molecule has 0 spiro atoms. The van der Waals surface area contributed by atoms with E-state index in [-0.39, 0.29) is 5.41 Å². The molecule has 0 radical (unpaired) electrons. The van der Waals surface area contributed by atoms with Gasteiger partial charge in [0.2, 0.25) is 0 Å². The molecule has 0 saturated carbocycles. The summed E-state index contributed by atoms with van der Waals surface area (Å²) in [7, 11) is 0. The van der Waals surface area contributed by atoms with Gasteiger partial charge in [0.1, 0.15) is 13.2 Å². The molecule has 12 heavy (non-hydrogen) atoms. The Morgan fingerprint density at radius 3 is 1.92 bits per heavy atom. The fraction of sp³-hybridized carbons (Fsp3) is 1.00. The van der Waals surface area contributed by atoms with Gasteiger partial charge in [0.15, 0.2) is 6.29 Å². The van der Waals surface area contributed by atoms with Crippen molar-refractivity contribution in [2.45, 2.75) is 33.0 Å². The molecule has 1 fully saturated rings. The van der Waals surface area contributed by atoms with Gasteiger partial charge in [-0.25, -0.2) is 8.78 Å². The van der Waals surface area contributed by atoms with Gasteiger partial charge in [0.25, 0.3) is 5.92 Å². The SMILES string of the molecule is CC(C)(C)C1OCC(F)(F)CO1. The Labute approximate surface area is 70.8 Å². The molecular formula is C8H14F2O2. The summed E-state index contributed by atoms with van der Waals surface area (Å²) in [6, 6.07) is 0. The van der Waals surface area contributed by atoms with Crippen molar-refractivity contribution < 1.29 is 18.3 Å². The first-order valence-electron chi connectivity index (χ1n) is 3.92. The highest BCUT2D eigenvalue weighted by molar-refractivity contribution is 4.75. The molecule has 0 atom stereocenters. The van der Waals surface area contributed by atoms with Crippen molar-refractivity contribution in [1.29, 1.82) is 0 Å². The highest BCUT2D eigenvalue weighted by atomic mass is 19.3. The van der Waals surface area contributed by atoms with Crippen molar-refractivity contribution in [2.75, 3.05) is 13.2 Å². The average molecular weight is 180 g/mol. The Kier molecular flexibility index (Phi) is 2.40. The molecular weight excluding hydrogens is 166 g/mol. The molecule has 0 bridgehead atoms. The standard InChI is InChI=1S/C8H14F2O2/c1-7(2,3)6-11-4-8(9,10)5-12-6/h6H,4-5H2,1-3H3. The summed E-state index contributed by atoms with van der Waals surface area (Å²) >= 11 is 0. The van der Waals surface area contributed by atoms with Crippen molar-refractivity contribution in [3.63, 3.8) is 0 Å². The molecule has 0 amide bonds. The largest absolute Gasteiger partial charge is 0.346 e. The number of ether oxygens (including phenoxy) is 2. The summed E-state index contributed by atoms with van der Waals surface area (Å²) < 4.78 is 34.8. The van der Waals surface area contributed by atoms with Crippen LogP contribution in [0.3, 0.4) is 0 Å². The molecule has 1 rings (SSSR count). The van der Waals surface area contributed by atoms with E-state index in [0.29, 0.717) is 0 Å². The predicted molar refractivity (Wildman–Crippen MR) is 40.1 cm³/mol. The Morgan fingerprint density at radius 1 is 1.17 bits per heavy atom. The third-order valence-electron chi connectivity index (χ3n) is 1.60. The lowest BCUT2D eigenvalue weighted by molar-refractivity contribution is -0.295. The summed E-state index contributed by atoms with van der Waals surface area (Å²) in [6.45, 7) is 4.60. The van der Waals surface area contributed by atoms with Gasteiger partial charge in [0.05, 0.1) is 0 Å². The number of hydrogen-bond donors (Lipinski definition) is 0. The van der Waals surface area contributed by atoms with E-state index in [2.05, 4.69) is 0 Å². The lowest BCUT2D eigenvalue weighted by Crippen LogP contribution is -2.45. The lowest BCUT2D eigenvalue weighted by Gasteiger charge is -2.36. The van der Waals surface area contributed by atoms with Crippen LogP contribution in [-0.4, -0.2) is 25.4 Å². The zero-order chi connectivity index (χ0) is 9.41. The first kappa shape index (κ1) is 9.86. The summed E-state index contributed by atoms with van der Waals surface area (Å²) in [6.07, 6.45) is -0.517. The van der Waals surface area contributed by atoms with Gasteiger partial charge in [-0.05, 0) is 0 Å². The smallest absolute Gasteiger partial charge is 0.293 e. The quantitative estimate of drug-likeness (QED) is 0.568. The van der Waals surface area contributed by atoms with Gasteiger partial charge >= 0.3 is 0 Å². The molecule has 1 heterocycles. The van der Waals surface area contributed by atoms with E-state index in [4.69, 9.17) is 9.47 Å². The topological polar surface area (TPSA) is 18.5 Å². The summed E-state index contributed by atoms with van der Waals surface area (Å²) in [5.41, 5.74) is -0.240. The van der Waals surface area contributed by atoms with Crippen LogP contribution in [0, 0.1) is 5.41 Å². The number of alkyl halides is 2. The van der Waals surface area contributed by atoms with Crippen molar-refractivity contribution in [1.82, 2.24) is 0 Å². The van der Waals surface area contributed by atoms with Crippen LogP contribution in [0.4, 0.5) is 8.78 Å². The van der Waals surface area contributed by atoms with E-state index in [1.54, 1.807) is 0 Å². The number of rotatable bonds is 0. The second-order valence-corrected chi connectivity index (χ2v) is 4.18. The highest BCUT2D eigenvalue weighted by Gasteiger charge is 2.40. The molecule has 1 aliphatic heterocycles. The second kappa shape index (κ2) is 2.92. The van der Waals surface area contributed by atoms with Crippen LogP contribution >= 0.6 is 0 Å². The zero-order valence-electron chi connectivity index (χ0n) is 7.56. The van der Waals surface area contributed by atoms with Gasteiger partial charge in [0, 0.05) is 5.41 Å². The molecule has 0 aromatic carbocycles. The number of hydrogen-bond acceptors (Lipinski definition) is 2. The van der Waals surface area contributed by atoms with Crippen LogP contribution in [0.2, 0.25) is 0 Å². The van der Waals surface area contributed by atoms with Crippen LogP contribution in [0.5, 0.6) is 0 Å². The monoisotopic (exact) mass is 180 g/mol. The molecule has 0 unspecified atom stereocenters. The minimum atomic E-state index is -2.82. The molecule has 0 aromatic heterocycles. The van der Waals surface area contributed by atoms with Crippen LogP contribution in [-0.2, 0) is 9.47 Å². The average Bonchev–Trinajstić information content (AvgIpc) is 1.83. The first-order valence-corrected chi connectivity index (χ1v) is 3.92. The van der Waals surface area contributed by atoms with Gasteiger partial charge in [-0.1, -0.05) is 20.8 Å². The Morgan fingerprint density at radius 2 is 1.58 bits per heavy atom. The molecule has 0 aliphatic carbocycles. The molecule has 72 valence electrons. The fourth-order valence-corrected chi connectivity index (χ4v) is 0.985. The minimum Gasteiger partial charge on any atom is -0.346 e. The van der Waals surface area contributed by atoms with Crippen LogP contribution in [0.25, 0.3) is 0 Å². The Bertz CT molecular complexity index is 153. The van der Waals surface area contributed by atoms with E-state index in [0.717, 1.165) is 0 Å². The van der Waals surface area contributed by atoms with E-state index < -0.39 is 25.4 Å². The molecule has 4 heteroatoms. The van der Waals surface area contributed by atoms with Gasteiger partial charge in [-0.15, -0.1) is 0 Å². The van der Waals surface area contributed by atoms with Gasteiger partial charge < -0.3 is 9.47 Å². The zero-order valence-corrected chi connectivity index (χ0v) is 7.56. The summed E-state index contributed by atoms with van der Waals surface area (Å²) in [5.74, 6) is -2.82. The van der Waals surface area contributed by atoms with Crippen molar-refractivity contribution >= 4 is 0 Å². The van der Waals surface area contributed by atoms with E-state index >= 15 is 0 Å². The predicted octanol–water partition coefficient (Wildman–Crippen LogP) is 2.04. The highest BCUT2D eigenvalue weighted by Crippen LogP contribution is 2.30. The van der Waals surface area contributed by atoms with Crippen LogP contribution in [0.15, 0.2) is 0 Å². The molecule has 1 aliphatic rings. The fourth-order valence-electron chi connectivity index (χ4n) is 0.985. The third kappa shape index (κ3) is 2.38. The summed E-state index contributed by atoms with van der Waals surface area (Å²) in [4.78, 5) is 0. The van der Waals surface area contributed by atoms with Crippen molar-refractivity contribution in [3.8, 4) is 0 Å². The van der Waals surface area contributed by atoms with E-state index in [1.807, 2.05) is 20.8 Å². The Hall–Kier alpha value is -0.220. The van der Waals surface area contributed by atoms with Gasteiger partial charge in [-0.2, -0.15) is 0 Å². The third-order valence-corrected chi connectivity index (χ3v) is 1.60. The lowest BCUT2D eigenvalue weighted by atomic mass is 9.95. The van der Waals surface area contributed by atoms with E-state index in [9.17, 15) is 8.78 Å². The minimum absolute atomic E-state index is 0.240. The van der Waals surface area contributed by atoms with Crippen LogP contribution < -0.4 is 0 Å². The van der Waals surface area contributed by atoms with Crippen molar-refractivity contribution in [3.05, 3.63) is 0 Å². The molecule has 0 aromatic rings. The van der Waals surface area contributed by atoms with E-state index in [1.165, 1.54) is 0 Å². The first-order chi connectivity index (χ1) is 5.31. The molecule has 1 saturated heterocycles. The number of halogens is 2. The molecule has 0 N–H and O–H groups in total. The molecule has 2 nitrogen and oxygen atoms in total. The van der Waals surface area contributed by atoms with Crippen LogP contribution in [0.1, 0.15) is 20.8 Å². The van der Waals surface area contributed by atoms with Crippen molar-refractivity contribution in [2.24, 2.45) is 5.41 Å². The maximum Gasteiger partial charge on any atom is 0.293 e.